The third-order valence-corrected chi connectivity index (χ3v) is 5.83. The summed E-state index contributed by atoms with van der Waals surface area (Å²) in [6, 6.07) is 12.6. The largest absolute Gasteiger partial charge is 0.484 e. The molecule has 29 heavy (non-hydrogen) atoms. The molecule has 0 radical (unpaired) electrons. The number of nitrogens with zero attached hydrogens (tertiary/aromatic N) is 3. The molecule has 0 atom stereocenters. The molecule has 0 unspecified atom stereocenters. The maximum atomic E-state index is 12.7. The van der Waals surface area contributed by atoms with E-state index in [2.05, 4.69) is 10.2 Å². The first-order valence-electron chi connectivity index (χ1n) is 9.15. The lowest BCUT2D eigenvalue weighted by atomic mass is 10.2. The maximum Gasteiger partial charge on any atom is 0.274 e. The summed E-state index contributed by atoms with van der Waals surface area (Å²) < 4.78 is 5.51. The van der Waals surface area contributed by atoms with Gasteiger partial charge in [0.25, 0.3) is 11.8 Å². The van der Waals surface area contributed by atoms with E-state index in [-0.39, 0.29) is 18.4 Å². The highest BCUT2D eigenvalue weighted by Gasteiger charge is 2.26. The minimum absolute atomic E-state index is 0.0425. The predicted molar refractivity (Wildman–Crippen MR) is 111 cm³/mol. The Morgan fingerprint density at radius 1 is 1.10 bits per heavy atom. The summed E-state index contributed by atoms with van der Waals surface area (Å²) in [4.78, 5) is 29.5. The van der Waals surface area contributed by atoms with Gasteiger partial charge in [-0.3, -0.25) is 14.7 Å². The summed E-state index contributed by atoms with van der Waals surface area (Å²) in [7, 11) is 0. The van der Waals surface area contributed by atoms with Crippen LogP contribution in [-0.4, -0.2) is 64.6 Å². The highest BCUT2D eigenvalue weighted by Crippen LogP contribution is 2.23. The molecule has 9 heteroatoms. The van der Waals surface area contributed by atoms with Gasteiger partial charge >= 0.3 is 0 Å². The van der Waals surface area contributed by atoms with Crippen LogP contribution in [0.1, 0.15) is 10.5 Å². The second kappa shape index (κ2) is 8.67. The van der Waals surface area contributed by atoms with Crippen molar-refractivity contribution < 1.29 is 14.3 Å². The molecule has 2 aromatic heterocycles. The number of nitrogens with one attached hydrogen (secondary N) is 1. The van der Waals surface area contributed by atoms with Crippen LogP contribution in [0.3, 0.4) is 0 Å². The lowest BCUT2D eigenvalue weighted by Gasteiger charge is -2.34. The molecule has 1 aliphatic rings. The molecule has 0 bridgehead atoms. The number of ether oxygens (including phenoxy) is 1. The molecule has 7 nitrogen and oxygen atoms in total. The number of rotatable bonds is 5. The molecule has 1 saturated heterocycles. The number of hydrogen-bond acceptors (Lipinski definition) is 5. The minimum Gasteiger partial charge on any atom is -0.484 e. The predicted octanol–water partition coefficient (Wildman–Crippen LogP) is 3.16. The number of H-pyrrole nitrogens is 1. The Morgan fingerprint density at radius 3 is 2.52 bits per heavy atom. The van der Waals surface area contributed by atoms with Crippen LogP contribution in [0.5, 0.6) is 5.75 Å². The molecule has 1 aromatic carbocycles. The normalized spacial score (nSPS) is 14.1. The Hall–Kier alpha value is -2.84. The minimum atomic E-state index is -0.131. The quantitative estimate of drug-likeness (QED) is 0.674. The highest BCUT2D eigenvalue weighted by atomic mass is 35.5. The molecule has 3 heterocycles. The third kappa shape index (κ3) is 4.60. The SMILES string of the molecule is O=C(COc1ccc(Cl)cc1)N1CCN(C(=O)c2cc(-c3cccs3)[nH]n2)CC1. The molecule has 0 spiro atoms. The van der Waals surface area contributed by atoms with Gasteiger partial charge in [-0.2, -0.15) is 5.10 Å². The molecule has 1 fully saturated rings. The van der Waals surface area contributed by atoms with Gasteiger partial charge in [0.2, 0.25) is 0 Å². The van der Waals surface area contributed by atoms with Crippen molar-refractivity contribution in [1.29, 1.82) is 0 Å². The molecular weight excluding hydrogens is 412 g/mol. The third-order valence-electron chi connectivity index (χ3n) is 4.68. The van der Waals surface area contributed by atoms with Crippen molar-refractivity contribution in [3.05, 3.63) is 58.6 Å². The number of amides is 2. The van der Waals surface area contributed by atoms with E-state index in [1.54, 1.807) is 51.5 Å². The van der Waals surface area contributed by atoms with Crippen LogP contribution in [0, 0.1) is 0 Å². The first-order valence-corrected chi connectivity index (χ1v) is 10.4. The standard InChI is InChI=1S/C20H19ClN4O3S/c21-14-3-5-15(6-4-14)28-13-19(26)24-7-9-25(10-8-24)20(27)17-12-16(22-23-17)18-2-1-11-29-18/h1-6,11-12H,7-10,13H2,(H,22,23). The second-order valence-corrected chi connectivity index (χ2v) is 7.94. The zero-order valence-electron chi connectivity index (χ0n) is 15.5. The first kappa shape index (κ1) is 19.5. The van der Waals surface area contributed by atoms with Gasteiger partial charge in [-0.1, -0.05) is 17.7 Å². The lowest BCUT2D eigenvalue weighted by molar-refractivity contribution is -0.134. The van der Waals surface area contributed by atoms with Gasteiger partial charge in [-0.25, -0.2) is 0 Å². The van der Waals surface area contributed by atoms with Crippen LogP contribution < -0.4 is 4.74 Å². The van der Waals surface area contributed by atoms with E-state index in [4.69, 9.17) is 16.3 Å². The average molecular weight is 431 g/mol. The summed E-state index contributed by atoms with van der Waals surface area (Å²) in [6.07, 6.45) is 0. The Bertz CT molecular complexity index is 980. The number of piperazine rings is 1. The summed E-state index contributed by atoms with van der Waals surface area (Å²) >= 11 is 7.42. The molecule has 3 aromatic rings. The number of thiophene rings is 1. The Labute approximate surface area is 176 Å². The van der Waals surface area contributed by atoms with Gasteiger partial charge in [0, 0.05) is 31.2 Å². The Kier molecular flexibility index (Phi) is 5.82. The van der Waals surface area contributed by atoms with Crippen molar-refractivity contribution in [3.63, 3.8) is 0 Å². The monoisotopic (exact) mass is 430 g/mol. The summed E-state index contributed by atoms with van der Waals surface area (Å²) in [5, 5.41) is 9.66. The van der Waals surface area contributed by atoms with Crippen LogP contribution in [0.4, 0.5) is 0 Å². The van der Waals surface area contributed by atoms with E-state index in [1.807, 2.05) is 17.5 Å². The Morgan fingerprint density at radius 2 is 1.83 bits per heavy atom. The number of hydrogen-bond donors (Lipinski definition) is 1. The van der Waals surface area contributed by atoms with Crippen LogP contribution >= 0.6 is 22.9 Å². The molecule has 2 amide bonds. The summed E-state index contributed by atoms with van der Waals surface area (Å²) in [5.41, 5.74) is 1.22. The van der Waals surface area contributed by atoms with Crippen LogP contribution in [0.25, 0.3) is 10.6 Å². The fraction of sp³-hybridized carbons (Fsp3) is 0.250. The number of benzene rings is 1. The van der Waals surface area contributed by atoms with Crippen LogP contribution in [-0.2, 0) is 4.79 Å². The fourth-order valence-corrected chi connectivity index (χ4v) is 3.90. The summed E-state index contributed by atoms with van der Waals surface area (Å²) in [6.45, 7) is 1.83. The van der Waals surface area contributed by atoms with Gasteiger partial charge < -0.3 is 14.5 Å². The van der Waals surface area contributed by atoms with Crippen molar-refractivity contribution in [2.24, 2.45) is 0 Å². The van der Waals surface area contributed by atoms with Crippen LogP contribution in [0.2, 0.25) is 5.02 Å². The van der Waals surface area contributed by atoms with Crippen molar-refractivity contribution >= 4 is 34.8 Å². The van der Waals surface area contributed by atoms with E-state index >= 15 is 0 Å². The van der Waals surface area contributed by atoms with Crippen LogP contribution in [0.15, 0.2) is 47.8 Å². The van der Waals surface area contributed by atoms with Crippen molar-refractivity contribution in [3.8, 4) is 16.3 Å². The number of aromatic nitrogens is 2. The number of carbonyl (C=O) groups excluding carboxylic acids is 2. The molecule has 0 saturated carbocycles. The molecule has 4 rings (SSSR count). The van der Waals surface area contributed by atoms with E-state index in [1.165, 1.54) is 0 Å². The first-order chi connectivity index (χ1) is 14.1. The van der Waals surface area contributed by atoms with Gasteiger partial charge in [-0.15, -0.1) is 11.3 Å². The van der Waals surface area contributed by atoms with E-state index in [9.17, 15) is 9.59 Å². The number of halogens is 1. The number of aromatic amines is 1. The lowest BCUT2D eigenvalue weighted by Crippen LogP contribution is -2.51. The topological polar surface area (TPSA) is 78.5 Å². The van der Waals surface area contributed by atoms with Crippen molar-refractivity contribution in [2.75, 3.05) is 32.8 Å². The van der Waals surface area contributed by atoms with E-state index in [0.717, 1.165) is 10.6 Å². The van der Waals surface area contributed by atoms with E-state index in [0.29, 0.717) is 42.6 Å². The fourth-order valence-electron chi connectivity index (χ4n) is 3.08. The summed E-state index contributed by atoms with van der Waals surface area (Å²) in [5.74, 6) is 0.358. The van der Waals surface area contributed by atoms with Gasteiger partial charge in [0.1, 0.15) is 5.75 Å². The zero-order chi connectivity index (χ0) is 20.2. The molecule has 150 valence electrons. The van der Waals surface area contributed by atoms with Gasteiger partial charge in [-0.05, 0) is 41.8 Å². The molecular formula is C20H19ClN4O3S. The maximum absolute atomic E-state index is 12.7. The van der Waals surface area contributed by atoms with Crippen molar-refractivity contribution in [2.45, 2.75) is 0 Å². The average Bonchev–Trinajstić information content (AvgIpc) is 3.44. The molecule has 1 N–H and O–H groups in total. The van der Waals surface area contributed by atoms with E-state index < -0.39 is 0 Å². The molecule has 1 aliphatic heterocycles. The number of carbonyl (C=O) groups is 2. The smallest absolute Gasteiger partial charge is 0.274 e. The van der Waals surface area contributed by atoms with Gasteiger partial charge in [0.05, 0.1) is 10.6 Å². The Balaban J connectivity index is 1.28. The van der Waals surface area contributed by atoms with Crippen molar-refractivity contribution in [1.82, 2.24) is 20.0 Å². The highest BCUT2D eigenvalue weighted by molar-refractivity contribution is 7.13. The van der Waals surface area contributed by atoms with Gasteiger partial charge in [0.15, 0.2) is 12.3 Å². The second-order valence-electron chi connectivity index (χ2n) is 6.56. The zero-order valence-corrected chi connectivity index (χ0v) is 17.1. The molecule has 0 aliphatic carbocycles.